The maximum absolute atomic E-state index is 12.7. The zero-order valence-electron chi connectivity index (χ0n) is 39.8. The van der Waals surface area contributed by atoms with Gasteiger partial charge in [-0.3, -0.25) is 37.3 Å². The summed E-state index contributed by atoms with van der Waals surface area (Å²) in [4.78, 5) is 101. The summed E-state index contributed by atoms with van der Waals surface area (Å²) in [5.41, 5.74) is 4.23. The highest BCUT2D eigenvalue weighted by Crippen LogP contribution is 2.61. The number of aromatic nitrogens is 4. The van der Waals surface area contributed by atoms with Gasteiger partial charge in [0.1, 0.15) is 42.0 Å². The second-order valence-corrected chi connectivity index (χ2v) is 22.5. The second-order valence-electron chi connectivity index (χ2n) is 17.1. The third-order valence-corrected chi connectivity index (χ3v) is 14.6. The molecule has 0 bridgehead atoms. The number of nitrogens with zero attached hydrogens (tertiary/aromatic N) is 4. The number of aliphatic hydroxyl groups is 3. The van der Waals surface area contributed by atoms with Gasteiger partial charge in [0, 0.05) is 37.1 Å². The average Bonchev–Trinajstić information content (AvgIpc) is 3.85. The summed E-state index contributed by atoms with van der Waals surface area (Å²) < 4.78 is 62.4. The van der Waals surface area contributed by atoms with Crippen LogP contribution in [0.5, 0.6) is 0 Å². The van der Waals surface area contributed by atoms with E-state index in [2.05, 4.69) is 59.6 Å². The maximum atomic E-state index is 12.7. The first-order valence-corrected chi connectivity index (χ1v) is 28.4. The number of Topliss-reactive ketones (excluding diaryl/α,β-unsaturated/α-hetero) is 1. The number of thioether (sulfide) groups is 1. The van der Waals surface area contributed by atoms with Crippen molar-refractivity contribution in [3.63, 3.8) is 0 Å². The fraction of sp³-hybridized carbons (Fsp3) is 0.683. The number of imidazole rings is 1. The van der Waals surface area contributed by atoms with Crippen molar-refractivity contribution in [3.05, 3.63) is 37.0 Å². The van der Waals surface area contributed by atoms with E-state index in [-0.39, 0.29) is 65.7 Å². The lowest BCUT2D eigenvalue weighted by Gasteiger charge is -2.30. The Morgan fingerprint density at radius 2 is 1.61 bits per heavy atom. The number of rotatable bonds is 35. The molecule has 0 spiro atoms. The SMILES string of the molecule is CC/C=C\CC[C@@H](O)C/C=C\CCCCCCCC(=O)CC(=O)SCCNC(=O)CCNC(=O)[C@H](O)C(C)(C)COP(=O)(O)OP(=O)(O)OC[C@H]1O[C@@H](n2cnc3c(N)ncnc32)[C@H](O)[C@@H]1OP(=O)(O)O. The number of carbonyl (C=O) groups excluding carboxylic acids is 4. The lowest BCUT2D eigenvalue weighted by atomic mass is 9.87. The summed E-state index contributed by atoms with van der Waals surface area (Å²) in [5.74, 6) is -1.48. The van der Waals surface area contributed by atoms with Gasteiger partial charge in [-0.15, -0.1) is 0 Å². The zero-order valence-corrected chi connectivity index (χ0v) is 43.3. The molecular weight excluding hydrogens is 1020 g/mol. The lowest BCUT2D eigenvalue weighted by Crippen LogP contribution is -2.46. The summed E-state index contributed by atoms with van der Waals surface area (Å²) in [6.07, 6.45) is 9.91. The molecular formula is C41H68N7O19P3S. The Morgan fingerprint density at radius 3 is 2.32 bits per heavy atom. The van der Waals surface area contributed by atoms with Crippen molar-refractivity contribution >= 4 is 74.9 Å². The largest absolute Gasteiger partial charge is 0.481 e. The molecule has 11 N–H and O–H groups in total. The van der Waals surface area contributed by atoms with E-state index in [4.69, 9.17) is 19.5 Å². The Kier molecular flexibility index (Phi) is 26.3. The maximum Gasteiger partial charge on any atom is 0.481 e. The van der Waals surface area contributed by atoms with Gasteiger partial charge in [-0.05, 0) is 44.9 Å². The quantitative estimate of drug-likeness (QED) is 0.0205. The summed E-state index contributed by atoms with van der Waals surface area (Å²) in [6.45, 7) is 2.36. The number of nitrogens with one attached hydrogen (secondary N) is 2. The molecule has 3 heterocycles. The molecule has 1 saturated heterocycles. The van der Waals surface area contributed by atoms with Crippen LogP contribution in [0.1, 0.15) is 110 Å². The van der Waals surface area contributed by atoms with E-state index in [9.17, 15) is 67.8 Å². The number of amides is 2. The minimum Gasteiger partial charge on any atom is -0.393 e. The van der Waals surface area contributed by atoms with Crippen LogP contribution >= 0.6 is 35.2 Å². The van der Waals surface area contributed by atoms with Gasteiger partial charge in [0.15, 0.2) is 22.8 Å². The van der Waals surface area contributed by atoms with Crippen molar-refractivity contribution < 1.29 is 90.4 Å². The molecule has 1 fully saturated rings. The predicted molar refractivity (Wildman–Crippen MR) is 257 cm³/mol. The molecule has 1 aliphatic rings. The molecule has 2 aromatic heterocycles. The van der Waals surface area contributed by atoms with Gasteiger partial charge in [0.05, 0.1) is 32.1 Å². The molecule has 71 heavy (non-hydrogen) atoms. The molecule has 3 rings (SSSR count). The van der Waals surface area contributed by atoms with E-state index >= 15 is 0 Å². The number of anilines is 1. The predicted octanol–water partition coefficient (Wildman–Crippen LogP) is 3.41. The lowest BCUT2D eigenvalue weighted by molar-refractivity contribution is -0.137. The minimum absolute atomic E-state index is 0.0223. The van der Waals surface area contributed by atoms with Gasteiger partial charge in [0.2, 0.25) is 11.8 Å². The smallest absolute Gasteiger partial charge is 0.393 e. The number of fused-ring (bicyclic) bond motifs is 1. The number of ether oxygens (including phenoxy) is 1. The standard InChI is InChI=1S/C41H68N7O19P3S/c1-4-5-6-13-16-28(49)17-14-11-9-7-8-10-12-15-18-29(50)23-32(52)71-22-21-43-31(51)19-20-44-39(55)36(54)41(2,3)25-64-70(61,62)67-69(59,60)63-24-30-35(66-68(56,57)58)34(53)40(65-30)48-27-47-33-37(42)45-26-46-38(33)48/h5-6,11,14,26-28,30,34-36,40,49,53-54H,4,7-10,12-13,15-25H2,1-3H3,(H,43,51)(H,44,55)(H,59,60)(H,61,62)(H2,42,45,46)(H2,56,57,58)/b6-5-,14-11-/t28-,30-,34-,35-,36+,40-/m1/s1. The van der Waals surface area contributed by atoms with Crippen LogP contribution in [0, 0.1) is 5.41 Å². The van der Waals surface area contributed by atoms with E-state index in [1.54, 1.807) is 0 Å². The van der Waals surface area contributed by atoms with Crippen LogP contribution in [-0.2, 0) is 55.5 Å². The molecule has 2 unspecified atom stereocenters. The van der Waals surface area contributed by atoms with Gasteiger partial charge in [0.25, 0.3) is 0 Å². The molecule has 0 aliphatic carbocycles. The average molecular weight is 1090 g/mol. The third kappa shape index (κ3) is 23.2. The van der Waals surface area contributed by atoms with E-state index in [1.807, 2.05) is 6.08 Å². The van der Waals surface area contributed by atoms with Crippen molar-refractivity contribution in [1.29, 1.82) is 0 Å². The third-order valence-electron chi connectivity index (χ3n) is 10.6. The van der Waals surface area contributed by atoms with Crippen LogP contribution in [0.2, 0.25) is 0 Å². The Hall–Kier alpha value is -3.33. The number of nitrogens with two attached hydrogens (primary N) is 1. The summed E-state index contributed by atoms with van der Waals surface area (Å²) in [5, 5.41) is 36.2. The minimum atomic E-state index is -5.60. The van der Waals surface area contributed by atoms with E-state index in [0.717, 1.165) is 80.4 Å². The molecule has 26 nitrogen and oxygen atoms in total. The van der Waals surface area contributed by atoms with E-state index in [1.165, 1.54) is 13.8 Å². The second kappa shape index (κ2) is 30.1. The number of phosphoric ester groups is 3. The number of carbonyl (C=O) groups is 4. The van der Waals surface area contributed by atoms with Crippen molar-refractivity contribution in [2.45, 2.75) is 141 Å². The first kappa shape index (κ1) is 62.0. The number of ketones is 1. The summed E-state index contributed by atoms with van der Waals surface area (Å²) in [6, 6.07) is 0. The Balaban J connectivity index is 1.29. The highest BCUT2D eigenvalue weighted by molar-refractivity contribution is 8.13. The molecule has 402 valence electrons. The number of hydrogen-bond acceptors (Lipinski definition) is 20. The fourth-order valence-electron chi connectivity index (χ4n) is 6.77. The number of nitrogen functional groups attached to an aromatic ring is 1. The van der Waals surface area contributed by atoms with Crippen molar-refractivity contribution in [3.8, 4) is 0 Å². The molecule has 0 aromatic carbocycles. The molecule has 8 atom stereocenters. The van der Waals surface area contributed by atoms with Crippen LogP contribution in [-0.4, -0.2) is 140 Å². The molecule has 0 radical (unpaired) electrons. The number of aliphatic hydroxyl groups excluding tert-OH is 3. The Labute approximate surface area is 415 Å². The number of phosphoric acid groups is 3. The van der Waals surface area contributed by atoms with Crippen LogP contribution in [0.4, 0.5) is 5.82 Å². The fourth-order valence-corrected chi connectivity index (χ4v) is 10.3. The molecule has 2 aromatic rings. The van der Waals surface area contributed by atoms with Crippen molar-refractivity contribution in [2.24, 2.45) is 5.41 Å². The van der Waals surface area contributed by atoms with Gasteiger partial charge < -0.3 is 56.0 Å². The first-order valence-electron chi connectivity index (χ1n) is 22.9. The Morgan fingerprint density at radius 1 is 0.915 bits per heavy atom. The van der Waals surface area contributed by atoms with Crippen LogP contribution in [0.3, 0.4) is 0 Å². The highest BCUT2D eigenvalue weighted by Gasteiger charge is 2.50. The zero-order chi connectivity index (χ0) is 52.8. The number of allylic oxidation sites excluding steroid dienone is 3. The summed E-state index contributed by atoms with van der Waals surface area (Å²) >= 11 is 0.917. The number of hydrogen-bond donors (Lipinski definition) is 10. The first-order chi connectivity index (χ1) is 33.3. The van der Waals surface area contributed by atoms with Gasteiger partial charge >= 0.3 is 23.5 Å². The highest BCUT2D eigenvalue weighted by atomic mass is 32.2. The van der Waals surface area contributed by atoms with Crippen LogP contribution < -0.4 is 16.4 Å². The van der Waals surface area contributed by atoms with E-state index in [0.29, 0.717) is 19.3 Å². The number of unbranched alkanes of at least 4 members (excludes halogenated alkanes) is 5. The Bertz CT molecular complexity index is 2250. The topological polar surface area (TPSA) is 401 Å². The summed E-state index contributed by atoms with van der Waals surface area (Å²) in [7, 11) is -16.5. The molecule has 1 aliphatic heterocycles. The molecule has 30 heteroatoms. The molecule has 0 saturated carbocycles. The van der Waals surface area contributed by atoms with Gasteiger partial charge in [-0.25, -0.2) is 28.6 Å². The molecule has 2 amide bonds. The van der Waals surface area contributed by atoms with E-state index < -0.39 is 84.6 Å². The van der Waals surface area contributed by atoms with Crippen molar-refractivity contribution in [1.82, 2.24) is 30.2 Å². The van der Waals surface area contributed by atoms with Gasteiger partial charge in [-0.2, -0.15) is 4.31 Å². The van der Waals surface area contributed by atoms with Crippen molar-refractivity contribution in [2.75, 3.05) is 37.8 Å². The normalized spacial score (nSPS) is 20.3. The monoisotopic (exact) mass is 1090 g/mol. The van der Waals surface area contributed by atoms with Crippen LogP contribution in [0.25, 0.3) is 11.2 Å². The van der Waals surface area contributed by atoms with Crippen LogP contribution in [0.15, 0.2) is 37.0 Å². The van der Waals surface area contributed by atoms with Gasteiger partial charge in [-0.1, -0.05) is 76.1 Å².